The summed E-state index contributed by atoms with van der Waals surface area (Å²) in [6, 6.07) is 2.69. The average Bonchev–Trinajstić information content (AvgIpc) is 2.17. The summed E-state index contributed by atoms with van der Waals surface area (Å²) in [6.45, 7) is 1.28. The Balaban J connectivity index is 3.11. The van der Waals surface area contributed by atoms with Crippen molar-refractivity contribution in [3.63, 3.8) is 0 Å². The van der Waals surface area contributed by atoms with Gasteiger partial charge < -0.3 is 4.74 Å². The molecule has 0 aromatic heterocycles. The summed E-state index contributed by atoms with van der Waals surface area (Å²) in [5.41, 5.74) is -0.713. The molecule has 0 N–H and O–H groups in total. The van der Waals surface area contributed by atoms with Gasteiger partial charge in [-0.3, -0.25) is 0 Å². The smallest absolute Gasteiger partial charge is 0.381 e. The predicted molar refractivity (Wildman–Crippen MR) is 52.0 cm³/mol. The van der Waals surface area contributed by atoms with Gasteiger partial charge in [0.25, 0.3) is 0 Å². The average molecular weight is 236 g/mol. The highest BCUT2D eigenvalue weighted by atomic mass is 35.5. The number of halogens is 3. The molecule has 0 aliphatic rings. The standard InChI is InChI=1S/C10H9ClF2O2/c1-2-15-9(14)10(12,13)7-3-5-8(11)6-4-7/h3-6H,2H2,1H3/i3D. The van der Waals surface area contributed by atoms with E-state index in [-0.39, 0.29) is 11.6 Å². The molecule has 2 nitrogen and oxygen atoms in total. The summed E-state index contributed by atoms with van der Waals surface area (Å²) >= 11 is 5.53. The van der Waals surface area contributed by atoms with E-state index >= 15 is 0 Å². The van der Waals surface area contributed by atoms with Gasteiger partial charge in [-0.1, -0.05) is 23.7 Å². The van der Waals surface area contributed by atoms with Gasteiger partial charge in [0.1, 0.15) is 0 Å². The Morgan fingerprint density at radius 2 is 2.27 bits per heavy atom. The number of hydrogen-bond donors (Lipinski definition) is 0. The lowest BCUT2D eigenvalue weighted by molar-refractivity contribution is -0.173. The first-order valence-electron chi connectivity index (χ1n) is 4.71. The zero-order valence-corrected chi connectivity index (χ0v) is 8.65. The lowest BCUT2D eigenvalue weighted by Crippen LogP contribution is -2.28. The highest BCUT2D eigenvalue weighted by molar-refractivity contribution is 6.30. The maximum atomic E-state index is 13.5. The zero-order valence-electron chi connectivity index (χ0n) is 8.89. The molecule has 0 saturated heterocycles. The summed E-state index contributed by atoms with van der Waals surface area (Å²) in [4.78, 5) is 11.0. The van der Waals surface area contributed by atoms with Gasteiger partial charge in [0.05, 0.1) is 7.98 Å². The number of carbonyl (C=O) groups excluding carboxylic acids is 1. The van der Waals surface area contributed by atoms with Gasteiger partial charge in [0.15, 0.2) is 0 Å². The summed E-state index contributed by atoms with van der Waals surface area (Å²) in [5.74, 6) is -5.48. The van der Waals surface area contributed by atoms with Crippen molar-refractivity contribution in [1.82, 2.24) is 0 Å². The largest absolute Gasteiger partial charge is 0.461 e. The summed E-state index contributed by atoms with van der Waals surface area (Å²) in [6.07, 6.45) is 0. The Kier molecular flexibility index (Phi) is 3.16. The number of esters is 1. The van der Waals surface area contributed by atoms with Crippen molar-refractivity contribution >= 4 is 17.6 Å². The molecular weight excluding hydrogens is 226 g/mol. The molecule has 0 fully saturated rings. The lowest BCUT2D eigenvalue weighted by Gasteiger charge is -2.14. The molecule has 1 aromatic rings. The zero-order chi connectivity index (χ0) is 12.3. The number of hydrogen-bond acceptors (Lipinski definition) is 2. The number of alkyl halides is 2. The number of carbonyl (C=O) groups is 1. The van der Waals surface area contributed by atoms with Gasteiger partial charge in [-0.15, -0.1) is 0 Å². The van der Waals surface area contributed by atoms with Crippen LogP contribution in [0.1, 0.15) is 13.9 Å². The Morgan fingerprint density at radius 3 is 2.80 bits per heavy atom. The molecule has 0 amide bonds. The van der Waals surface area contributed by atoms with Crippen LogP contribution in [-0.2, 0) is 15.5 Å². The SMILES string of the molecule is [2H]c1cc(Cl)ccc1C(F)(F)C(=O)OCC. The second-order valence-corrected chi connectivity index (χ2v) is 3.15. The Bertz CT molecular complexity index is 410. The van der Waals surface area contributed by atoms with Crippen molar-refractivity contribution in [1.29, 1.82) is 0 Å². The van der Waals surface area contributed by atoms with Crippen molar-refractivity contribution in [2.45, 2.75) is 12.8 Å². The minimum atomic E-state index is -3.82. The topological polar surface area (TPSA) is 26.3 Å². The Morgan fingerprint density at radius 1 is 1.60 bits per heavy atom. The van der Waals surface area contributed by atoms with Crippen LogP contribution in [0.4, 0.5) is 8.78 Å². The van der Waals surface area contributed by atoms with Crippen molar-refractivity contribution in [2.24, 2.45) is 0 Å². The van der Waals surface area contributed by atoms with Gasteiger partial charge in [-0.2, -0.15) is 8.78 Å². The van der Waals surface area contributed by atoms with E-state index in [2.05, 4.69) is 4.74 Å². The maximum Gasteiger partial charge on any atom is 0.381 e. The van der Waals surface area contributed by atoms with E-state index in [1.807, 2.05) is 0 Å². The second kappa shape index (κ2) is 4.57. The predicted octanol–water partition coefficient (Wildman–Crippen LogP) is 2.99. The van der Waals surface area contributed by atoms with Crippen LogP contribution < -0.4 is 0 Å². The molecule has 0 atom stereocenters. The third-order valence-electron chi connectivity index (χ3n) is 1.64. The van der Waals surface area contributed by atoms with Crippen LogP contribution in [0, 0.1) is 0 Å². The molecule has 0 heterocycles. The van der Waals surface area contributed by atoms with Crippen LogP contribution in [0.15, 0.2) is 24.2 Å². The Labute approximate surface area is 92.2 Å². The lowest BCUT2D eigenvalue weighted by atomic mass is 10.1. The summed E-state index contributed by atoms with van der Waals surface area (Å²) in [5, 5.41) is 0.161. The number of benzene rings is 1. The van der Waals surface area contributed by atoms with Gasteiger partial charge in [0.2, 0.25) is 0 Å². The molecule has 1 rings (SSSR count). The number of rotatable bonds is 3. The summed E-state index contributed by atoms with van der Waals surface area (Å²) in [7, 11) is 0. The summed E-state index contributed by atoms with van der Waals surface area (Å²) < 4.78 is 38.5. The van der Waals surface area contributed by atoms with Crippen LogP contribution in [-0.4, -0.2) is 12.6 Å². The van der Waals surface area contributed by atoms with E-state index in [0.717, 1.165) is 12.1 Å². The highest BCUT2D eigenvalue weighted by Gasteiger charge is 2.42. The molecule has 0 unspecified atom stereocenters. The van der Waals surface area contributed by atoms with E-state index < -0.39 is 23.5 Å². The molecule has 0 aliphatic carbocycles. The normalized spacial score (nSPS) is 12.1. The molecule has 15 heavy (non-hydrogen) atoms. The van der Waals surface area contributed by atoms with Crippen molar-refractivity contribution < 1.29 is 19.7 Å². The maximum absolute atomic E-state index is 13.5. The van der Waals surface area contributed by atoms with E-state index in [9.17, 15) is 13.6 Å². The highest BCUT2D eigenvalue weighted by Crippen LogP contribution is 2.30. The second-order valence-electron chi connectivity index (χ2n) is 2.72. The van der Waals surface area contributed by atoms with E-state index in [1.54, 1.807) is 0 Å². The third kappa shape index (κ3) is 2.65. The van der Waals surface area contributed by atoms with E-state index in [0.29, 0.717) is 0 Å². The monoisotopic (exact) mass is 235 g/mol. The molecular formula is C10H9ClF2O2. The quantitative estimate of drug-likeness (QED) is 0.753. The molecule has 0 aliphatic heterocycles. The molecule has 1 aromatic carbocycles. The van der Waals surface area contributed by atoms with Gasteiger partial charge in [-0.05, 0) is 19.1 Å². The van der Waals surface area contributed by atoms with Gasteiger partial charge in [0, 0.05) is 10.6 Å². The molecule has 82 valence electrons. The van der Waals surface area contributed by atoms with Gasteiger partial charge >= 0.3 is 11.9 Å². The molecule has 5 heteroatoms. The van der Waals surface area contributed by atoms with E-state index in [4.69, 9.17) is 13.0 Å². The first-order chi connectivity index (χ1) is 7.39. The van der Waals surface area contributed by atoms with Gasteiger partial charge in [-0.25, -0.2) is 4.79 Å². The molecule has 0 spiro atoms. The van der Waals surface area contributed by atoms with Crippen molar-refractivity contribution in [2.75, 3.05) is 6.61 Å². The minimum Gasteiger partial charge on any atom is -0.461 e. The fourth-order valence-corrected chi connectivity index (χ4v) is 1.05. The molecule has 0 radical (unpaired) electrons. The van der Waals surface area contributed by atoms with Crippen LogP contribution in [0.25, 0.3) is 0 Å². The van der Waals surface area contributed by atoms with Crippen LogP contribution in [0.2, 0.25) is 5.02 Å². The van der Waals surface area contributed by atoms with Crippen molar-refractivity contribution in [3.05, 3.63) is 34.8 Å². The van der Waals surface area contributed by atoms with Crippen LogP contribution >= 0.6 is 11.6 Å². The fourth-order valence-electron chi connectivity index (χ4n) is 0.933. The molecule has 0 saturated carbocycles. The first kappa shape index (κ1) is 10.4. The van der Waals surface area contributed by atoms with Crippen LogP contribution in [0.5, 0.6) is 0 Å². The third-order valence-corrected chi connectivity index (χ3v) is 1.88. The Hall–Kier alpha value is -1.16. The van der Waals surface area contributed by atoms with E-state index in [1.165, 1.54) is 13.0 Å². The number of ether oxygens (including phenoxy) is 1. The van der Waals surface area contributed by atoms with Crippen molar-refractivity contribution in [3.8, 4) is 0 Å². The minimum absolute atomic E-state index is 0.144. The fraction of sp³-hybridized carbons (Fsp3) is 0.300. The van der Waals surface area contributed by atoms with Crippen LogP contribution in [0.3, 0.4) is 0 Å². The molecule has 0 bridgehead atoms. The first-order valence-corrected chi connectivity index (χ1v) is 4.59.